The Balaban J connectivity index is 1.44. The third kappa shape index (κ3) is 4.04. The minimum atomic E-state index is -0.605. The van der Waals surface area contributed by atoms with Gasteiger partial charge in [0.05, 0.1) is 26.2 Å². The molecule has 1 aromatic rings. The van der Waals surface area contributed by atoms with Gasteiger partial charge in [-0.1, -0.05) is 25.5 Å². The molecule has 1 saturated carbocycles. The number of esters is 1. The molecule has 5 rings (SSSR count). The average molecular weight is 500 g/mol. The SMILES string of the molecule is COc1cc2c(cc1OC)C(CCCO)N(CC1C(=O)OC3CC4=CCCC(C)C4(C)C(O)C31)CC2. The number of carbonyl (C=O) groups excluding carboxylic acids is 1. The maximum absolute atomic E-state index is 13.2. The van der Waals surface area contributed by atoms with Gasteiger partial charge in [-0.15, -0.1) is 0 Å². The van der Waals surface area contributed by atoms with E-state index in [0.717, 1.165) is 50.0 Å². The highest BCUT2D eigenvalue weighted by atomic mass is 16.6. The van der Waals surface area contributed by atoms with Crippen LogP contribution in [-0.2, 0) is 16.0 Å². The van der Waals surface area contributed by atoms with Gasteiger partial charge >= 0.3 is 5.97 Å². The van der Waals surface area contributed by atoms with Crippen LogP contribution < -0.4 is 9.47 Å². The standard InChI is InChI=1S/C29H41NO6/c1-17-7-5-8-19-14-25-26(27(32)29(17,19)2)21(28(33)36-25)16-30-11-10-18-13-23(34-3)24(35-4)15-20(18)22(30)9-6-12-31/h8,13,15,17,21-22,25-27,31-32H,5-7,9-12,14,16H2,1-4H3. The van der Waals surface area contributed by atoms with Crippen molar-refractivity contribution in [3.05, 3.63) is 34.9 Å². The van der Waals surface area contributed by atoms with E-state index < -0.39 is 6.10 Å². The lowest BCUT2D eigenvalue weighted by Gasteiger charge is -2.52. The van der Waals surface area contributed by atoms with Gasteiger partial charge in [0.2, 0.25) is 0 Å². The first-order valence-corrected chi connectivity index (χ1v) is 13.5. The molecular weight excluding hydrogens is 458 g/mol. The molecule has 2 aliphatic heterocycles. The number of ether oxygens (including phenoxy) is 3. The predicted molar refractivity (Wildman–Crippen MR) is 136 cm³/mol. The van der Waals surface area contributed by atoms with Crippen molar-refractivity contribution in [2.45, 2.75) is 70.6 Å². The van der Waals surface area contributed by atoms with Gasteiger partial charge in [-0.3, -0.25) is 9.69 Å². The molecule has 1 aromatic carbocycles. The molecule has 2 N–H and O–H groups in total. The average Bonchev–Trinajstić information content (AvgIpc) is 3.18. The summed E-state index contributed by atoms with van der Waals surface area (Å²) in [6.45, 7) is 5.88. The van der Waals surface area contributed by atoms with E-state index in [4.69, 9.17) is 14.2 Å². The van der Waals surface area contributed by atoms with Crippen LogP contribution in [0.1, 0.15) is 63.1 Å². The van der Waals surface area contributed by atoms with Crippen LogP contribution >= 0.6 is 0 Å². The number of rotatable bonds is 7. The van der Waals surface area contributed by atoms with E-state index >= 15 is 0 Å². The zero-order valence-electron chi connectivity index (χ0n) is 22.0. The molecule has 2 fully saturated rings. The molecule has 4 aliphatic rings. The molecule has 0 spiro atoms. The van der Waals surface area contributed by atoms with Crippen molar-refractivity contribution in [2.75, 3.05) is 33.9 Å². The maximum Gasteiger partial charge on any atom is 0.311 e. The summed E-state index contributed by atoms with van der Waals surface area (Å²) in [6, 6.07) is 4.16. The molecule has 1 saturated heterocycles. The largest absolute Gasteiger partial charge is 0.493 e. The van der Waals surface area contributed by atoms with Gasteiger partial charge < -0.3 is 24.4 Å². The number of carbonyl (C=O) groups is 1. The van der Waals surface area contributed by atoms with Gasteiger partial charge in [0.25, 0.3) is 0 Å². The fourth-order valence-electron chi connectivity index (χ4n) is 7.45. The zero-order chi connectivity index (χ0) is 25.6. The van der Waals surface area contributed by atoms with Crippen LogP contribution in [0.25, 0.3) is 0 Å². The fraction of sp³-hybridized carbons (Fsp3) is 0.690. The lowest BCUT2D eigenvalue weighted by Crippen LogP contribution is -2.55. The summed E-state index contributed by atoms with van der Waals surface area (Å²) in [4.78, 5) is 15.6. The molecule has 0 amide bonds. The van der Waals surface area contributed by atoms with Gasteiger partial charge in [-0.05, 0) is 61.3 Å². The van der Waals surface area contributed by atoms with E-state index in [9.17, 15) is 15.0 Å². The van der Waals surface area contributed by atoms with E-state index in [1.165, 1.54) is 11.1 Å². The van der Waals surface area contributed by atoms with Gasteiger partial charge in [0.15, 0.2) is 11.5 Å². The van der Waals surface area contributed by atoms with Crippen molar-refractivity contribution in [3.8, 4) is 11.5 Å². The summed E-state index contributed by atoms with van der Waals surface area (Å²) in [5, 5.41) is 21.4. The van der Waals surface area contributed by atoms with Gasteiger partial charge in [-0.25, -0.2) is 0 Å². The van der Waals surface area contributed by atoms with Crippen LogP contribution in [0.5, 0.6) is 11.5 Å². The van der Waals surface area contributed by atoms with Gasteiger partial charge in [-0.2, -0.15) is 0 Å². The number of benzene rings is 1. The van der Waals surface area contributed by atoms with Gasteiger partial charge in [0, 0.05) is 43.5 Å². The molecule has 36 heavy (non-hydrogen) atoms. The normalized spacial score (nSPS) is 35.8. The number of nitrogens with zero attached hydrogens (tertiary/aromatic N) is 1. The molecule has 2 aliphatic carbocycles. The Morgan fingerprint density at radius 1 is 1.22 bits per heavy atom. The first-order valence-electron chi connectivity index (χ1n) is 13.5. The molecule has 0 bridgehead atoms. The van der Waals surface area contributed by atoms with Crippen molar-refractivity contribution < 1.29 is 29.2 Å². The quantitative estimate of drug-likeness (QED) is 0.437. The summed E-state index contributed by atoms with van der Waals surface area (Å²) in [5.74, 6) is 1.02. The van der Waals surface area contributed by atoms with Crippen molar-refractivity contribution in [1.82, 2.24) is 4.90 Å². The molecule has 7 unspecified atom stereocenters. The molecule has 7 heteroatoms. The van der Waals surface area contributed by atoms with Crippen molar-refractivity contribution in [1.29, 1.82) is 0 Å². The Morgan fingerprint density at radius 2 is 1.97 bits per heavy atom. The Bertz CT molecular complexity index is 1020. The Hall–Kier alpha value is -2.09. The van der Waals surface area contributed by atoms with Crippen LogP contribution in [0, 0.1) is 23.2 Å². The number of allylic oxidation sites excluding steroid dienone is 1. The molecule has 7 nitrogen and oxygen atoms in total. The van der Waals surface area contributed by atoms with Crippen molar-refractivity contribution in [3.63, 3.8) is 0 Å². The highest BCUT2D eigenvalue weighted by Crippen LogP contribution is 2.56. The number of hydrogen-bond donors (Lipinski definition) is 2. The number of fused-ring (bicyclic) bond motifs is 3. The number of methoxy groups -OCH3 is 2. The summed E-state index contributed by atoms with van der Waals surface area (Å²) in [6.07, 6.45) is 6.53. The molecule has 2 heterocycles. The van der Waals surface area contributed by atoms with Crippen LogP contribution in [-0.4, -0.2) is 67.2 Å². The van der Waals surface area contributed by atoms with Crippen molar-refractivity contribution in [2.24, 2.45) is 23.2 Å². The molecule has 0 radical (unpaired) electrons. The predicted octanol–water partition coefficient (Wildman–Crippen LogP) is 3.66. The van der Waals surface area contributed by atoms with E-state index in [-0.39, 0.29) is 42.0 Å². The zero-order valence-corrected chi connectivity index (χ0v) is 22.0. The third-order valence-corrected chi connectivity index (χ3v) is 9.75. The Labute approximate surface area is 214 Å². The summed E-state index contributed by atoms with van der Waals surface area (Å²) in [7, 11) is 3.29. The van der Waals surface area contributed by atoms with Crippen molar-refractivity contribution >= 4 is 5.97 Å². The number of aliphatic hydroxyl groups excluding tert-OH is 2. The molecular formula is C29H41NO6. The maximum atomic E-state index is 13.2. The fourth-order valence-corrected chi connectivity index (χ4v) is 7.45. The first-order chi connectivity index (χ1) is 17.3. The highest BCUT2D eigenvalue weighted by molar-refractivity contribution is 5.76. The van der Waals surface area contributed by atoms with Crippen LogP contribution in [0.2, 0.25) is 0 Å². The second-order valence-corrected chi connectivity index (χ2v) is 11.3. The molecule has 198 valence electrons. The smallest absolute Gasteiger partial charge is 0.311 e. The molecule has 0 aromatic heterocycles. The Kier molecular flexibility index (Phi) is 7.09. The van der Waals surface area contributed by atoms with Crippen LogP contribution in [0.4, 0.5) is 0 Å². The van der Waals surface area contributed by atoms with E-state index in [2.05, 4.69) is 37.0 Å². The highest BCUT2D eigenvalue weighted by Gasteiger charge is 2.60. The Morgan fingerprint density at radius 3 is 2.69 bits per heavy atom. The third-order valence-electron chi connectivity index (χ3n) is 9.75. The van der Waals surface area contributed by atoms with Crippen LogP contribution in [0.3, 0.4) is 0 Å². The second kappa shape index (κ2) is 9.99. The summed E-state index contributed by atoms with van der Waals surface area (Å²) >= 11 is 0. The number of aliphatic hydroxyl groups is 2. The lowest BCUT2D eigenvalue weighted by molar-refractivity contribution is -0.145. The van der Waals surface area contributed by atoms with Crippen LogP contribution in [0.15, 0.2) is 23.8 Å². The second-order valence-electron chi connectivity index (χ2n) is 11.3. The number of hydrogen-bond acceptors (Lipinski definition) is 7. The van der Waals surface area contributed by atoms with Gasteiger partial charge in [0.1, 0.15) is 6.10 Å². The first kappa shape index (κ1) is 25.6. The van der Waals surface area contributed by atoms with E-state index in [1.54, 1.807) is 14.2 Å². The molecule has 7 atom stereocenters. The lowest BCUT2D eigenvalue weighted by atomic mass is 9.55. The topological polar surface area (TPSA) is 88.5 Å². The minimum Gasteiger partial charge on any atom is -0.493 e. The monoisotopic (exact) mass is 499 g/mol. The summed E-state index contributed by atoms with van der Waals surface area (Å²) < 4.78 is 17.0. The minimum absolute atomic E-state index is 0.0490. The van der Waals surface area contributed by atoms with E-state index in [1.807, 2.05) is 0 Å². The summed E-state index contributed by atoms with van der Waals surface area (Å²) in [5.41, 5.74) is 3.34. The van der Waals surface area contributed by atoms with E-state index in [0.29, 0.717) is 24.6 Å².